The molecule has 28 heavy (non-hydrogen) atoms. The average molecular weight is 386 g/mol. The molecule has 0 aromatic heterocycles. The van der Waals surface area contributed by atoms with E-state index in [1.54, 1.807) is 18.2 Å². The van der Waals surface area contributed by atoms with Gasteiger partial charge in [-0.25, -0.2) is 4.39 Å². The molecule has 2 N–H and O–H groups in total. The summed E-state index contributed by atoms with van der Waals surface area (Å²) in [6.45, 7) is 1.44. The monoisotopic (exact) mass is 386 g/mol. The van der Waals surface area contributed by atoms with Crippen molar-refractivity contribution >= 4 is 23.2 Å². The molecular formula is C21H27FN4O2. The Balaban J connectivity index is 2.15. The molecule has 0 fully saturated rings. The molecule has 0 heterocycles. The molecule has 2 aromatic carbocycles. The molecule has 0 saturated heterocycles. The molecule has 150 valence electrons. The third-order valence-corrected chi connectivity index (χ3v) is 4.14. The normalized spacial score (nSPS) is 10.6. The van der Waals surface area contributed by atoms with Crippen LogP contribution < -0.4 is 15.5 Å². The van der Waals surface area contributed by atoms with E-state index in [9.17, 15) is 14.0 Å². The van der Waals surface area contributed by atoms with E-state index in [4.69, 9.17) is 0 Å². The summed E-state index contributed by atoms with van der Waals surface area (Å²) in [5, 5.41) is 5.63. The van der Waals surface area contributed by atoms with Crippen LogP contribution in [0.5, 0.6) is 0 Å². The van der Waals surface area contributed by atoms with Crippen LogP contribution in [0.3, 0.4) is 0 Å². The van der Waals surface area contributed by atoms with E-state index in [-0.39, 0.29) is 11.5 Å². The van der Waals surface area contributed by atoms with Crippen molar-refractivity contribution in [3.05, 3.63) is 59.4 Å². The first-order valence-electron chi connectivity index (χ1n) is 9.09. The summed E-state index contributed by atoms with van der Waals surface area (Å²) in [5.41, 5.74) is 1.89. The van der Waals surface area contributed by atoms with Gasteiger partial charge in [-0.1, -0.05) is 6.07 Å². The molecule has 0 unspecified atom stereocenters. The Labute approximate surface area is 165 Å². The lowest BCUT2D eigenvalue weighted by molar-refractivity contribution is 0.0951. The van der Waals surface area contributed by atoms with Crippen molar-refractivity contribution < 1.29 is 14.0 Å². The van der Waals surface area contributed by atoms with E-state index in [0.29, 0.717) is 17.8 Å². The number of carbonyl (C=O) groups is 2. The highest BCUT2D eigenvalue weighted by Crippen LogP contribution is 2.23. The summed E-state index contributed by atoms with van der Waals surface area (Å²) in [6.07, 6.45) is 0.839. The molecule has 6 nitrogen and oxygen atoms in total. The number of hydrogen-bond donors (Lipinski definition) is 2. The van der Waals surface area contributed by atoms with E-state index in [1.807, 2.05) is 33.1 Å². The van der Waals surface area contributed by atoms with Gasteiger partial charge in [0.05, 0.1) is 5.56 Å². The number of rotatable bonds is 8. The van der Waals surface area contributed by atoms with Crippen LogP contribution in [0, 0.1) is 5.82 Å². The highest BCUT2D eigenvalue weighted by Gasteiger charge is 2.15. The lowest BCUT2D eigenvalue weighted by atomic mass is 10.1. The van der Waals surface area contributed by atoms with Crippen LogP contribution in [0.15, 0.2) is 42.5 Å². The van der Waals surface area contributed by atoms with E-state index >= 15 is 0 Å². The van der Waals surface area contributed by atoms with Crippen molar-refractivity contribution in [3.63, 3.8) is 0 Å². The van der Waals surface area contributed by atoms with E-state index in [2.05, 4.69) is 15.5 Å². The third kappa shape index (κ3) is 6.06. The molecule has 0 aliphatic rings. The minimum atomic E-state index is -0.478. The van der Waals surface area contributed by atoms with Gasteiger partial charge in [0.15, 0.2) is 0 Å². The maximum Gasteiger partial charge on any atom is 0.255 e. The molecule has 0 radical (unpaired) electrons. The van der Waals surface area contributed by atoms with Crippen molar-refractivity contribution in [3.8, 4) is 0 Å². The van der Waals surface area contributed by atoms with Crippen molar-refractivity contribution in [2.24, 2.45) is 0 Å². The Morgan fingerprint density at radius 1 is 1.00 bits per heavy atom. The van der Waals surface area contributed by atoms with Crippen LogP contribution in [0.4, 0.5) is 15.8 Å². The fourth-order valence-corrected chi connectivity index (χ4v) is 2.71. The van der Waals surface area contributed by atoms with Gasteiger partial charge >= 0.3 is 0 Å². The standard InChI is InChI=1S/C21H27FN4O2/c1-25(2)12-6-11-23-21(28)18-14-17(9-10-19(18)26(3)4)24-20(27)15-7-5-8-16(22)13-15/h5,7-10,13-14H,6,11-12H2,1-4H3,(H,23,28)(H,24,27). The molecule has 0 saturated carbocycles. The fourth-order valence-electron chi connectivity index (χ4n) is 2.71. The molecular weight excluding hydrogens is 359 g/mol. The summed E-state index contributed by atoms with van der Waals surface area (Å²) in [5.74, 6) is -1.12. The van der Waals surface area contributed by atoms with Gasteiger partial charge in [0.1, 0.15) is 5.82 Å². The van der Waals surface area contributed by atoms with Crippen LogP contribution in [0.2, 0.25) is 0 Å². The highest BCUT2D eigenvalue weighted by atomic mass is 19.1. The first kappa shape index (κ1) is 21.4. The van der Waals surface area contributed by atoms with Gasteiger partial charge < -0.3 is 20.4 Å². The van der Waals surface area contributed by atoms with Crippen molar-refractivity contribution in [1.82, 2.24) is 10.2 Å². The zero-order valence-corrected chi connectivity index (χ0v) is 16.8. The zero-order valence-electron chi connectivity index (χ0n) is 16.8. The third-order valence-electron chi connectivity index (χ3n) is 4.14. The predicted octanol–water partition coefficient (Wildman–Crippen LogP) is 2.83. The molecule has 2 amide bonds. The maximum atomic E-state index is 13.3. The Morgan fingerprint density at radius 2 is 1.75 bits per heavy atom. The summed E-state index contributed by atoms with van der Waals surface area (Å²) < 4.78 is 13.3. The maximum absolute atomic E-state index is 13.3. The van der Waals surface area contributed by atoms with Gasteiger partial charge in [0, 0.05) is 37.6 Å². The minimum absolute atomic E-state index is 0.204. The topological polar surface area (TPSA) is 64.7 Å². The van der Waals surface area contributed by atoms with Crippen LogP contribution in [-0.2, 0) is 0 Å². The lowest BCUT2D eigenvalue weighted by Gasteiger charge is -2.19. The molecule has 0 atom stereocenters. The predicted molar refractivity (Wildman–Crippen MR) is 111 cm³/mol. The zero-order chi connectivity index (χ0) is 20.7. The van der Waals surface area contributed by atoms with Gasteiger partial charge in [0.25, 0.3) is 11.8 Å². The molecule has 2 rings (SSSR count). The summed E-state index contributed by atoms with van der Waals surface area (Å²) in [7, 11) is 7.67. The number of halogens is 1. The quantitative estimate of drug-likeness (QED) is 0.685. The van der Waals surface area contributed by atoms with Crippen molar-refractivity contribution in [1.29, 1.82) is 0 Å². The van der Waals surface area contributed by atoms with Crippen LogP contribution in [0.25, 0.3) is 0 Å². The smallest absolute Gasteiger partial charge is 0.255 e. The minimum Gasteiger partial charge on any atom is -0.377 e. The second-order valence-corrected chi connectivity index (χ2v) is 7.00. The largest absolute Gasteiger partial charge is 0.377 e. The van der Waals surface area contributed by atoms with Gasteiger partial charge in [-0.3, -0.25) is 9.59 Å². The molecule has 2 aromatic rings. The number of nitrogens with zero attached hydrogens (tertiary/aromatic N) is 2. The molecule has 0 aliphatic heterocycles. The van der Waals surface area contributed by atoms with Gasteiger partial charge in [-0.05, 0) is 63.5 Å². The Hall–Kier alpha value is -2.93. The Kier molecular flexibility index (Phi) is 7.52. The number of anilines is 2. The van der Waals surface area contributed by atoms with Crippen molar-refractivity contribution in [2.45, 2.75) is 6.42 Å². The summed E-state index contributed by atoms with van der Waals surface area (Å²) in [6, 6.07) is 10.6. The van der Waals surface area contributed by atoms with Gasteiger partial charge in [-0.15, -0.1) is 0 Å². The SMILES string of the molecule is CN(C)CCCNC(=O)c1cc(NC(=O)c2cccc(F)c2)ccc1N(C)C. The first-order valence-corrected chi connectivity index (χ1v) is 9.09. The summed E-state index contributed by atoms with van der Waals surface area (Å²) >= 11 is 0. The second kappa shape index (κ2) is 9.85. The number of nitrogens with one attached hydrogen (secondary N) is 2. The number of hydrogen-bond acceptors (Lipinski definition) is 4. The van der Waals surface area contributed by atoms with Crippen LogP contribution in [-0.4, -0.2) is 58.0 Å². The van der Waals surface area contributed by atoms with Crippen molar-refractivity contribution in [2.75, 3.05) is 51.5 Å². The van der Waals surface area contributed by atoms with Crippen LogP contribution in [0.1, 0.15) is 27.1 Å². The summed E-state index contributed by atoms with van der Waals surface area (Å²) in [4.78, 5) is 28.9. The molecule has 0 spiro atoms. The number of benzene rings is 2. The Bertz CT molecular complexity index is 837. The number of amides is 2. The average Bonchev–Trinajstić information content (AvgIpc) is 2.64. The number of carbonyl (C=O) groups excluding carboxylic acids is 2. The molecule has 0 aliphatic carbocycles. The highest BCUT2D eigenvalue weighted by molar-refractivity contribution is 6.06. The molecule has 7 heteroatoms. The van der Waals surface area contributed by atoms with E-state index in [0.717, 1.165) is 18.7 Å². The van der Waals surface area contributed by atoms with E-state index < -0.39 is 11.7 Å². The molecule has 0 bridgehead atoms. The second-order valence-electron chi connectivity index (χ2n) is 7.00. The van der Waals surface area contributed by atoms with E-state index in [1.165, 1.54) is 24.3 Å². The van der Waals surface area contributed by atoms with Gasteiger partial charge in [-0.2, -0.15) is 0 Å². The Morgan fingerprint density at radius 3 is 2.39 bits per heavy atom. The first-order chi connectivity index (χ1) is 13.3. The van der Waals surface area contributed by atoms with Gasteiger partial charge in [0.2, 0.25) is 0 Å². The van der Waals surface area contributed by atoms with Crippen LogP contribution >= 0.6 is 0 Å². The lowest BCUT2D eigenvalue weighted by Crippen LogP contribution is -2.28. The fraction of sp³-hybridized carbons (Fsp3) is 0.333.